The molecule has 1 amide bonds. The van der Waals surface area contributed by atoms with E-state index in [9.17, 15) is 4.79 Å². The molecule has 0 spiro atoms. The molecule has 1 atom stereocenters. The average Bonchev–Trinajstić information content (AvgIpc) is 3.18. The number of rotatable bonds is 5. The maximum absolute atomic E-state index is 12.2. The largest absolute Gasteiger partial charge is 0.325 e. The number of nitrogens with one attached hydrogen (secondary N) is 1. The summed E-state index contributed by atoms with van der Waals surface area (Å²) in [6, 6.07) is 7.39. The van der Waals surface area contributed by atoms with Crippen LogP contribution in [0.3, 0.4) is 0 Å². The van der Waals surface area contributed by atoms with Gasteiger partial charge in [-0.25, -0.2) is 9.97 Å². The van der Waals surface area contributed by atoms with Crippen molar-refractivity contribution in [3.05, 3.63) is 64.6 Å². The lowest BCUT2D eigenvalue weighted by Crippen LogP contribution is -2.22. The second-order valence-corrected chi connectivity index (χ2v) is 6.67. The molecule has 0 aliphatic heterocycles. The number of benzene rings is 1. The van der Waals surface area contributed by atoms with Crippen LogP contribution in [-0.4, -0.2) is 20.4 Å². The predicted molar refractivity (Wildman–Crippen MR) is 91.9 cm³/mol. The molecular weight excluding hydrogens is 332 g/mol. The highest BCUT2D eigenvalue weighted by molar-refractivity contribution is 7.15. The van der Waals surface area contributed by atoms with Gasteiger partial charge in [-0.3, -0.25) is 4.79 Å². The first-order valence-corrected chi connectivity index (χ1v) is 8.29. The van der Waals surface area contributed by atoms with Gasteiger partial charge in [-0.15, -0.1) is 11.3 Å². The molecule has 0 saturated carbocycles. The second kappa shape index (κ2) is 6.93. The Balaban J connectivity index is 1.64. The third-order valence-corrected chi connectivity index (χ3v) is 4.55. The third-order valence-electron chi connectivity index (χ3n) is 3.40. The van der Waals surface area contributed by atoms with Crippen molar-refractivity contribution >= 4 is 34.0 Å². The Kier molecular flexibility index (Phi) is 4.73. The Morgan fingerprint density at radius 1 is 1.48 bits per heavy atom. The molecule has 118 valence electrons. The maximum atomic E-state index is 12.2. The van der Waals surface area contributed by atoms with Crippen LogP contribution in [0.1, 0.15) is 23.4 Å². The molecule has 1 unspecified atom stereocenters. The second-order valence-electron chi connectivity index (χ2n) is 5.11. The standard InChI is InChI=1S/C16H15ClN4OS/c1-11(21-6-5-18-10-21)15(22)20-16-19-9-14(23-16)8-12-3-2-4-13(17)7-12/h2-7,9-11H,8H2,1H3,(H,19,20,22). The molecular formula is C16H15ClN4OS. The van der Waals surface area contributed by atoms with Crippen LogP contribution in [-0.2, 0) is 11.2 Å². The minimum atomic E-state index is -0.335. The Bertz CT molecular complexity index is 800. The van der Waals surface area contributed by atoms with E-state index >= 15 is 0 Å². The smallest absolute Gasteiger partial charge is 0.248 e. The van der Waals surface area contributed by atoms with E-state index in [0.29, 0.717) is 5.13 Å². The van der Waals surface area contributed by atoms with Crippen LogP contribution in [0.15, 0.2) is 49.2 Å². The lowest BCUT2D eigenvalue weighted by Gasteiger charge is -2.11. The first-order valence-electron chi connectivity index (χ1n) is 7.09. The van der Waals surface area contributed by atoms with Gasteiger partial charge in [0.2, 0.25) is 5.91 Å². The van der Waals surface area contributed by atoms with E-state index in [-0.39, 0.29) is 11.9 Å². The van der Waals surface area contributed by atoms with Crippen molar-refractivity contribution in [2.24, 2.45) is 0 Å². The Morgan fingerprint density at radius 3 is 3.09 bits per heavy atom. The summed E-state index contributed by atoms with van der Waals surface area (Å²) in [4.78, 5) is 21.5. The quantitative estimate of drug-likeness (QED) is 0.764. The average molecular weight is 347 g/mol. The summed E-state index contributed by atoms with van der Waals surface area (Å²) in [5.41, 5.74) is 1.12. The molecule has 7 heteroatoms. The van der Waals surface area contributed by atoms with Crippen LogP contribution in [0.25, 0.3) is 0 Å². The minimum Gasteiger partial charge on any atom is -0.325 e. The summed E-state index contributed by atoms with van der Waals surface area (Å²) in [6.07, 6.45) is 7.55. The van der Waals surface area contributed by atoms with Crippen LogP contribution in [0, 0.1) is 0 Å². The van der Waals surface area contributed by atoms with Gasteiger partial charge in [0.05, 0.1) is 6.33 Å². The SMILES string of the molecule is CC(C(=O)Nc1ncc(Cc2cccc(Cl)c2)s1)n1ccnc1. The highest BCUT2D eigenvalue weighted by Gasteiger charge is 2.15. The Morgan fingerprint density at radius 2 is 2.35 bits per heavy atom. The molecule has 0 fully saturated rings. The van der Waals surface area contributed by atoms with Crippen LogP contribution < -0.4 is 5.32 Å². The van der Waals surface area contributed by atoms with Crippen molar-refractivity contribution in [1.82, 2.24) is 14.5 Å². The number of nitrogens with zero attached hydrogens (tertiary/aromatic N) is 3. The van der Waals surface area contributed by atoms with Crippen LogP contribution in [0.5, 0.6) is 0 Å². The molecule has 3 rings (SSSR count). The summed E-state index contributed by atoms with van der Waals surface area (Å²) < 4.78 is 1.75. The van der Waals surface area contributed by atoms with E-state index in [1.54, 1.807) is 29.5 Å². The number of anilines is 1. The van der Waals surface area contributed by atoms with E-state index < -0.39 is 0 Å². The molecule has 2 heterocycles. The fourth-order valence-corrected chi connectivity index (χ4v) is 3.20. The predicted octanol–water partition coefficient (Wildman–Crippen LogP) is 3.78. The van der Waals surface area contributed by atoms with Crippen molar-refractivity contribution in [3.8, 4) is 0 Å². The van der Waals surface area contributed by atoms with Crippen molar-refractivity contribution in [1.29, 1.82) is 0 Å². The molecule has 0 aliphatic rings. The lowest BCUT2D eigenvalue weighted by molar-refractivity contribution is -0.118. The van der Waals surface area contributed by atoms with E-state index in [1.807, 2.05) is 31.2 Å². The van der Waals surface area contributed by atoms with Gasteiger partial charge >= 0.3 is 0 Å². The maximum Gasteiger partial charge on any atom is 0.248 e. The molecule has 0 aliphatic carbocycles. The Hall–Kier alpha value is -2.18. The molecule has 2 aromatic heterocycles. The summed E-state index contributed by atoms with van der Waals surface area (Å²) >= 11 is 7.46. The topological polar surface area (TPSA) is 59.8 Å². The summed E-state index contributed by atoms with van der Waals surface area (Å²) in [6.45, 7) is 1.82. The number of thiazole rings is 1. The number of amides is 1. The van der Waals surface area contributed by atoms with Gasteiger partial charge in [0.1, 0.15) is 6.04 Å². The van der Waals surface area contributed by atoms with Gasteiger partial charge in [0, 0.05) is 34.9 Å². The van der Waals surface area contributed by atoms with Crippen LogP contribution in [0.2, 0.25) is 5.02 Å². The number of hydrogen-bond acceptors (Lipinski definition) is 4. The van der Waals surface area contributed by atoms with Crippen molar-refractivity contribution in [2.75, 3.05) is 5.32 Å². The number of halogens is 1. The molecule has 23 heavy (non-hydrogen) atoms. The van der Waals surface area contributed by atoms with Crippen molar-refractivity contribution in [2.45, 2.75) is 19.4 Å². The summed E-state index contributed by atoms with van der Waals surface area (Å²) in [7, 11) is 0. The molecule has 5 nitrogen and oxygen atoms in total. The number of hydrogen-bond donors (Lipinski definition) is 1. The Labute approximate surface area is 143 Å². The third kappa shape index (κ3) is 3.97. The molecule has 1 N–H and O–H groups in total. The number of aromatic nitrogens is 3. The number of imidazole rings is 1. The first-order chi connectivity index (χ1) is 11.1. The van der Waals surface area contributed by atoms with E-state index in [2.05, 4.69) is 15.3 Å². The molecule has 3 aromatic rings. The van der Waals surface area contributed by atoms with E-state index in [4.69, 9.17) is 11.6 Å². The highest BCUT2D eigenvalue weighted by Crippen LogP contribution is 2.23. The van der Waals surface area contributed by atoms with Gasteiger partial charge in [-0.05, 0) is 24.6 Å². The van der Waals surface area contributed by atoms with E-state index in [1.165, 1.54) is 11.3 Å². The van der Waals surface area contributed by atoms with Gasteiger partial charge in [0.15, 0.2) is 5.13 Å². The minimum absolute atomic E-state index is 0.119. The lowest BCUT2D eigenvalue weighted by atomic mass is 10.1. The fraction of sp³-hybridized carbons (Fsp3) is 0.188. The zero-order valence-corrected chi connectivity index (χ0v) is 14.0. The monoisotopic (exact) mass is 346 g/mol. The summed E-state index contributed by atoms with van der Waals surface area (Å²) in [5.74, 6) is -0.119. The highest BCUT2D eigenvalue weighted by atomic mass is 35.5. The van der Waals surface area contributed by atoms with Crippen LogP contribution in [0.4, 0.5) is 5.13 Å². The van der Waals surface area contributed by atoms with Gasteiger partial charge in [-0.2, -0.15) is 0 Å². The molecule has 0 bridgehead atoms. The van der Waals surface area contributed by atoms with Gasteiger partial charge < -0.3 is 9.88 Å². The number of carbonyl (C=O) groups is 1. The van der Waals surface area contributed by atoms with Crippen molar-refractivity contribution in [3.63, 3.8) is 0 Å². The van der Waals surface area contributed by atoms with E-state index in [0.717, 1.165) is 21.9 Å². The molecule has 0 saturated heterocycles. The van der Waals surface area contributed by atoms with Gasteiger partial charge in [-0.1, -0.05) is 23.7 Å². The summed E-state index contributed by atoms with van der Waals surface area (Å²) in [5, 5.41) is 4.15. The zero-order chi connectivity index (χ0) is 16.2. The first kappa shape index (κ1) is 15.7. The zero-order valence-electron chi connectivity index (χ0n) is 12.4. The normalized spacial score (nSPS) is 12.1. The molecule has 1 aromatic carbocycles. The fourth-order valence-electron chi connectivity index (χ4n) is 2.14. The van der Waals surface area contributed by atoms with Crippen LogP contribution >= 0.6 is 22.9 Å². The van der Waals surface area contributed by atoms with Gasteiger partial charge in [0.25, 0.3) is 0 Å². The number of carbonyl (C=O) groups excluding carboxylic acids is 1. The molecule has 0 radical (unpaired) electrons. The van der Waals surface area contributed by atoms with Crippen molar-refractivity contribution < 1.29 is 4.79 Å².